The minimum atomic E-state index is -0.146. The molecule has 23 heavy (non-hydrogen) atoms. The summed E-state index contributed by atoms with van der Waals surface area (Å²) in [5.74, 6) is 0.832. The van der Waals surface area contributed by atoms with Gasteiger partial charge in [-0.15, -0.1) is 0 Å². The highest BCUT2D eigenvalue weighted by molar-refractivity contribution is 6.30. The molecule has 2 atom stereocenters. The number of carbonyl (C=O) groups excluding carboxylic acids is 1. The van der Waals surface area contributed by atoms with E-state index in [1.54, 1.807) is 18.0 Å². The van der Waals surface area contributed by atoms with Crippen LogP contribution < -0.4 is 5.32 Å². The van der Waals surface area contributed by atoms with Crippen LogP contribution in [0.2, 0.25) is 5.02 Å². The van der Waals surface area contributed by atoms with E-state index in [9.17, 15) is 4.79 Å². The highest BCUT2D eigenvalue weighted by Crippen LogP contribution is 2.23. The third kappa shape index (κ3) is 4.48. The molecule has 1 heterocycles. The predicted molar refractivity (Wildman–Crippen MR) is 90.6 cm³/mol. The molecule has 2 aromatic rings. The van der Waals surface area contributed by atoms with Gasteiger partial charge in [0, 0.05) is 30.1 Å². The standard InChI is InChI=1S/C17H22ClN3O2/c1-11-9-16(23-20-11)10-19-17(22)21(4)13(3)12(2)14-5-7-15(18)8-6-14/h5-9,12-13H,10H2,1-4H3,(H,19,22)/t12-,13-/m1/s1. The van der Waals surface area contributed by atoms with Crippen LogP contribution in [0, 0.1) is 6.92 Å². The van der Waals surface area contributed by atoms with Crippen molar-refractivity contribution in [3.8, 4) is 0 Å². The zero-order chi connectivity index (χ0) is 17.0. The van der Waals surface area contributed by atoms with Crippen LogP contribution in [0.5, 0.6) is 0 Å². The first-order chi connectivity index (χ1) is 10.9. The Labute approximate surface area is 141 Å². The van der Waals surface area contributed by atoms with Gasteiger partial charge in [0.05, 0.1) is 12.2 Å². The zero-order valence-corrected chi connectivity index (χ0v) is 14.6. The van der Waals surface area contributed by atoms with Crippen molar-refractivity contribution in [1.29, 1.82) is 0 Å². The summed E-state index contributed by atoms with van der Waals surface area (Å²) in [6, 6.07) is 9.41. The minimum Gasteiger partial charge on any atom is -0.359 e. The molecule has 0 bridgehead atoms. The summed E-state index contributed by atoms with van der Waals surface area (Å²) in [5.41, 5.74) is 1.94. The lowest BCUT2D eigenvalue weighted by atomic mass is 9.94. The molecule has 5 nitrogen and oxygen atoms in total. The summed E-state index contributed by atoms with van der Waals surface area (Å²) < 4.78 is 5.09. The maximum Gasteiger partial charge on any atom is 0.317 e. The molecular weight excluding hydrogens is 314 g/mol. The molecule has 0 fully saturated rings. The summed E-state index contributed by atoms with van der Waals surface area (Å²) >= 11 is 5.92. The quantitative estimate of drug-likeness (QED) is 0.899. The molecule has 1 aromatic carbocycles. The maximum atomic E-state index is 12.3. The molecule has 0 aliphatic rings. The molecule has 2 rings (SSSR count). The first-order valence-corrected chi connectivity index (χ1v) is 7.94. The van der Waals surface area contributed by atoms with E-state index in [1.807, 2.05) is 38.1 Å². The van der Waals surface area contributed by atoms with E-state index in [4.69, 9.17) is 16.1 Å². The van der Waals surface area contributed by atoms with Gasteiger partial charge in [-0.05, 0) is 31.5 Å². The number of hydrogen-bond acceptors (Lipinski definition) is 3. The van der Waals surface area contributed by atoms with Gasteiger partial charge in [0.15, 0.2) is 5.76 Å². The number of aromatic nitrogens is 1. The summed E-state index contributed by atoms with van der Waals surface area (Å²) in [6.45, 7) is 6.29. The van der Waals surface area contributed by atoms with E-state index in [-0.39, 0.29) is 18.0 Å². The van der Waals surface area contributed by atoms with E-state index >= 15 is 0 Å². The Bertz CT molecular complexity index is 654. The highest BCUT2D eigenvalue weighted by atomic mass is 35.5. The lowest BCUT2D eigenvalue weighted by molar-refractivity contribution is 0.185. The minimum absolute atomic E-state index is 0.0348. The van der Waals surface area contributed by atoms with Crippen molar-refractivity contribution in [3.63, 3.8) is 0 Å². The molecular formula is C17H22ClN3O2. The van der Waals surface area contributed by atoms with Gasteiger partial charge in [-0.25, -0.2) is 4.79 Å². The topological polar surface area (TPSA) is 58.4 Å². The van der Waals surface area contributed by atoms with Crippen molar-refractivity contribution in [1.82, 2.24) is 15.4 Å². The molecule has 0 aliphatic heterocycles. The van der Waals surface area contributed by atoms with Crippen LogP contribution in [0.25, 0.3) is 0 Å². The predicted octanol–water partition coefficient (Wildman–Crippen LogP) is 3.97. The normalized spacial score (nSPS) is 13.4. The fraction of sp³-hybridized carbons (Fsp3) is 0.412. The average molecular weight is 336 g/mol. The zero-order valence-electron chi connectivity index (χ0n) is 13.8. The van der Waals surface area contributed by atoms with Gasteiger partial charge in [-0.1, -0.05) is 35.8 Å². The Kier molecular flexibility index (Phi) is 5.66. The van der Waals surface area contributed by atoms with Crippen LogP contribution >= 0.6 is 11.6 Å². The second-order valence-corrected chi connectivity index (χ2v) is 6.22. The fourth-order valence-electron chi connectivity index (χ4n) is 2.35. The van der Waals surface area contributed by atoms with Crippen LogP contribution in [0.15, 0.2) is 34.9 Å². The van der Waals surface area contributed by atoms with Gasteiger partial charge in [-0.3, -0.25) is 0 Å². The Morgan fingerprint density at radius 2 is 2.00 bits per heavy atom. The van der Waals surface area contributed by atoms with Gasteiger partial charge < -0.3 is 14.7 Å². The van der Waals surface area contributed by atoms with Gasteiger partial charge in [0.2, 0.25) is 0 Å². The number of hydrogen-bond donors (Lipinski definition) is 1. The van der Waals surface area contributed by atoms with E-state index in [2.05, 4.69) is 17.4 Å². The van der Waals surface area contributed by atoms with Crippen LogP contribution in [-0.4, -0.2) is 29.2 Å². The molecule has 6 heteroatoms. The van der Waals surface area contributed by atoms with Gasteiger partial charge in [0.25, 0.3) is 0 Å². The Morgan fingerprint density at radius 1 is 1.35 bits per heavy atom. The number of likely N-dealkylation sites (N-methyl/N-ethyl adjacent to an activating group) is 1. The number of nitrogens with one attached hydrogen (secondary N) is 1. The number of rotatable bonds is 5. The Balaban J connectivity index is 1.93. The van der Waals surface area contributed by atoms with Gasteiger partial charge in [0.1, 0.15) is 0 Å². The van der Waals surface area contributed by atoms with Crippen molar-refractivity contribution in [2.24, 2.45) is 0 Å². The second-order valence-electron chi connectivity index (χ2n) is 5.79. The van der Waals surface area contributed by atoms with E-state index in [0.29, 0.717) is 17.3 Å². The molecule has 0 saturated carbocycles. The number of halogens is 1. The summed E-state index contributed by atoms with van der Waals surface area (Å²) in [7, 11) is 1.79. The monoisotopic (exact) mass is 335 g/mol. The Morgan fingerprint density at radius 3 is 2.57 bits per heavy atom. The molecule has 0 unspecified atom stereocenters. The molecule has 124 valence electrons. The number of urea groups is 1. The fourth-order valence-corrected chi connectivity index (χ4v) is 2.48. The van der Waals surface area contributed by atoms with Crippen molar-refractivity contribution in [2.75, 3.05) is 7.05 Å². The third-order valence-corrected chi connectivity index (χ3v) is 4.39. The number of carbonyl (C=O) groups is 1. The van der Waals surface area contributed by atoms with Gasteiger partial charge >= 0.3 is 6.03 Å². The maximum absolute atomic E-state index is 12.3. The number of nitrogens with zero attached hydrogens (tertiary/aromatic N) is 2. The highest BCUT2D eigenvalue weighted by Gasteiger charge is 2.22. The van der Waals surface area contributed by atoms with E-state index in [1.165, 1.54) is 0 Å². The van der Waals surface area contributed by atoms with E-state index < -0.39 is 0 Å². The van der Waals surface area contributed by atoms with Crippen molar-refractivity contribution in [3.05, 3.63) is 52.4 Å². The number of benzene rings is 1. The molecule has 0 spiro atoms. The largest absolute Gasteiger partial charge is 0.359 e. The van der Waals surface area contributed by atoms with Gasteiger partial charge in [-0.2, -0.15) is 0 Å². The second kappa shape index (κ2) is 7.51. The molecule has 0 radical (unpaired) electrons. The van der Waals surface area contributed by atoms with Crippen molar-refractivity contribution < 1.29 is 9.32 Å². The summed E-state index contributed by atoms with van der Waals surface area (Å²) in [4.78, 5) is 14.0. The molecule has 0 aliphatic carbocycles. The molecule has 1 N–H and O–H groups in total. The first kappa shape index (κ1) is 17.3. The number of aryl methyl sites for hydroxylation is 1. The Hall–Kier alpha value is -2.01. The average Bonchev–Trinajstić information content (AvgIpc) is 2.96. The molecule has 2 amide bonds. The van der Waals surface area contributed by atoms with Crippen LogP contribution in [-0.2, 0) is 6.54 Å². The van der Waals surface area contributed by atoms with Crippen LogP contribution in [0.4, 0.5) is 4.79 Å². The van der Waals surface area contributed by atoms with Crippen LogP contribution in [0.1, 0.15) is 36.8 Å². The molecule has 0 saturated heterocycles. The van der Waals surface area contributed by atoms with E-state index in [0.717, 1.165) is 11.3 Å². The first-order valence-electron chi connectivity index (χ1n) is 7.56. The third-order valence-electron chi connectivity index (χ3n) is 4.14. The number of amides is 2. The SMILES string of the molecule is Cc1cc(CNC(=O)N(C)[C@H](C)[C@@H](C)c2ccc(Cl)cc2)on1. The van der Waals surface area contributed by atoms with Crippen molar-refractivity contribution in [2.45, 2.75) is 39.3 Å². The summed E-state index contributed by atoms with van der Waals surface area (Å²) in [6.07, 6.45) is 0. The smallest absolute Gasteiger partial charge is 0.317 e. The molecule has 1 aromatic heterocycles. The lowest BCUT2D eigenvalue weighted by Gasteiger charge is -2.30. The lowest BCUT2D eigenvalue weighted by Crippen LogP contribution is -2.44. The van der Waals surface area contributed by atoms with Crippen molar-refractivity contribution >= 4 is 17.6 Å². The van der Waals surface area contributed by atoms with Crippen LogP contribution in [0.3, 0.4) is 0 Å². The summed E-state index contributed by atoms with van der Waals surface area (Å²) in [5, 5.41) is 7.35.